The Morgan fingerprint density at radius 2 is 1.97 bits per heavy atom. The van der Waals surface area contributed by atoms with E-state index in [1.807, 2.05) is 47.4 Å². The molecule has 5 rings (SSSR count). The number of pyridine rings is 1. The van der Waals surface area contributed by atoms with Crippen LogP contribution in [0.2, 0.25) is 0 Å². The number of carbonyl (C=O) groups excluding carboxylic acids is 2. The van der Waals surface area contributed by atoms with Gasteiger partial charge >= 0.3 is 0 Å². The lowest BCUT2D eigenvalue weighted by Gasteiger charge is -2.23. The normalized spacial score (nSPS) is 29.3. The van der Waals surface area contributed by atoms with E-state index in [4.69, 9.17) is 4.74 Å². The zero-order valence-corrected chi connectivity index (χ0v) is 16.0. The van der Waals surface area contributed by atoms with Gasteiger partial charge in [-0.1, -0.05) is 42.5 Å². The Bertz CT molecular complexity index is 946. The summed E-state index contributed by atoms with van der Waals surface area (Å²) in [5, 5.41) is 2.98. The fourth-order valence-corrected chi connectivity index (χ4v) is 4.78. The van der Waals surface area contributed by atoms with Crippen LogP contribution in [0.1, 0.15) is 11.1 Å². The molecule has 3 aliphatic heterocycles. The first-order valence-corrected chi connectivity index (χ1v) is 10.0. The maximum atomic E-state index is 13.2. The third-order valence-corrected chi connectivity index (χ3v) is 6.21. The van der Waals surface area contributed by atoms with E-state index in [1.165, 1.54) is 5.56 Å². The molecule has 2 aromatic rings. The molecule has 2 saturated heterocycles. The first-order chi connectivity index (χ1) is 14.2. The maximum absolute atomic E-state index is 13.2. The highest BCUT2D eigenvalue weighted by Gasteiger charge is 2.66. The lowest BCUT2D eigenvalue weighted by Crippen LogP contribution is -2.44. The Kier molecular flexibility index (Phi) is 4.43. The second-order valence-electron chi connectivity index (χ2n) is 7.97. The largest absolute Gasteiger partial charge is 0.360 e. The number of benzene rings is 1. The lowest BCUT2D eigenvalue weighted by atomic mass is 9.77. The molecule has 29 heavy (non-hydrogen) atoms. The van der Waals surface area contributed by atoms with E-state index in [0.717, 1.165) is 12.0 Å². The number of amides is 2. The summed E-state index contributed by atoms with van der Waals surface area (Å²) in [5.74, 6) is -1.01. The van der Waals surface area contributed by atoms with E-state index >= 15 is 0 Å². The molecule has 1 spiro atoms. The standard InChI is InChI=1S/C23H23N3O3/c27-21(25-14-17-7-11-24-12-8-17)19-18-6-10-23(29-18)15-26(22(28)20(19)23)13-9-16-4-2-1-3-5-16/h1-8,10-12,18-20H,9,13-15H2,(H,25,27)/t18-,19+,20+,23+/m1/s1. The van der Waals surface area contributed by atoms with Gasteiger partial charge in [-0.05, 0) is 29.7 Å². The maximum Gasteiger partial charge on any atom is 0.230 e. The van der Waals surface area contributed by atoms with Gasteiger partial charge in [-0.25, -0.2) is 0 Å². The predicted molar refractivity (Wildman–Crippen MR) is 107 cm³/mol. The van der Waals surface area contributed by atoms with Gasteiger partial charge < -0.3 is 15.0 Å². The van der Waals surface area contributed by atoms with Crippen LogP contribution >= 0.6 is 0 Å². The molecule has 2 amide bonds. The fourth-order valence-electron chi connectivity index (χ4n) is 4.78. The van der Waals surface area contributed by atoms with Crippen LogP contribution < -0.4 is 5.32 Å². The summed E-state index contributed by atoms with van der Waals surface area (Å²) < 4.78 is 6.18. The van der Waals surface area contributed by atoms with E-state index < -0.39 is 17.4 Å². The van der Waals surface area contributed by atoms with Gasteiger partial charge in [-0.15, -0.1) is 0 Å². The van der Waals surface area contributed by atoms with Gasteiger partial charge in [0.1, 0.15) is 5.60 Å². The van der Waals surface area contributed by atoms with Crippen LogP contribution in [0.5, 0.6) is 0 Å². The summed E-state index contributed by atoms with van der Waals surface area (Å²) in [5.41, 5.74) is 1.52. The molecule has 3 aliphatic rings. The van der Waals surface area contributed by atoms with Crippen LogP contribution in [0.15, 0.2) is 67.0 Å². The summed E-state index contributed by atoms with van der Waals surface area (Å²) >= 11 is 0. The molecule has 0 saturated carbocycles. The van der Waals surface area contributed by atoms with Crippen molar-refractivity contribution in [3.63, 3.8) is 0 Å². The van der Waals surface area contributed by atoms with Gasteiger partial charge in [-0.3, -0.25) is 14.6 Å². The highest BCUT2D eigenvalue weighted by Crippen LogP contribution is 2.51. The number of aromatic nitrogens is 1. The first kappa shape index (κ1) is 18.1. The Morgan fingerprint density at radius 1 is 1.17 bits per heavy atom. The number of rotatable bonds is 6. The van der Waals surface area contributed by atoms with Crippen molar-refractivity contribution in [3.05, 3.63) is 78.1 Å². The average molecular weight is 389 g/mol. The molecule has 6 heteroatoms. The number of nitrogens with one attached hydrogen (secondary N) is 1. The zero-order valence-electron chi connectivity index (χ0n) is 16.0. The van der Waals surface area contributed by atoms with Crippen molar-refractivity contribution >= 4 is 11.8 Å². The molecule has 0 radical (unpaired) electrons. The minimum Gasteiger partial charge on any atom is -0.360 e. The van der Waals surface area contributed by atoms with Crippen molar-refractivity contribution in [3.8, 4) is 0 Å². The average Bonchev–Trinajstić information content (AvgIpc) is 3.40. The van der Waals surface area contributed by atoms with Gasteiger partial charge in [0.25, 0.3) is 0 Å². The lowest BCUT2D eigenvalue weighted by molar-refractivity contribution is -0.137. The Morgan fingerprint density at radius 3 is 2.76 bits per heavy atom. The third kappa shape index (κ3) is 3.13. The summed E-state index contributed by atoms with van der Waals surface area (Å²) in [4.78, 5) is 32.0. The smallest absolute Gasteiger partial charge is 0.230 e. The van der Waals surface area contributed by atoms with Gasteiger partial charge in [-0.2, -0.15) is 0 Å². The Hall–Kier alpha value is -2.99. The van der Waals surface area contributed by atoms with Crippen molar-refractivity contribution < 1.29 is 14.3 Å². The number of hydrogen-bond acceptors (Lipinski definition) is 4. The Labute approximate surface area is 169 Å². The number of fused-ring (bicyclic) bond motifs is 1. The topological polar surface area (TPSA) is 71.5 Å². The SMILES string of the molecule is O=C(NCc1ccncc1)[C@@H]1[C@H]2C(=O)N(CCc3ccccc3)C[C@@]23C=C[C@H]1O3. The summed E-state index contributed by atoms with van der Waals surface area (Å²) in [7, 11) is 0. The molecule has 2 fully saturated rings. The highest BCUT2D eigenvalue weighted by molar-refractivity contribution is 5.93. The van der Waals surface area contributed by atoms with Crippen molar-refractivity contribution in [2.45, 2.75) is 24.7 Å². The van der Waals surface area contributed by atoms with Crippen molar-refractivity contribution in [1.82, 2.24) is 15.2 Å². The van der Waals surface area contributed by atoms with Crippen molar-refractivity contribution in [1.29, 1.82) is 0 Å². The monoisotopic (exact) mass is 389 g/mol. The molecule has 1 N–H and O–H groups in total. The molecule has 6 nitrogen and oxygen atoms in total. The third-order valence-electron chi connectivity index (χ3n) is 6.21. The number of ether oxygens (including phenoxy) is 1. The van der Waals surface area contributed by atoms with E-state index in [0.29, 0.717) is 19.6 Å². The second-order valence-corrected chi connectivity index (χ2v) is 7.97. The molecule has 0 unspecified atom stereocenters. The molecule has 0 aliphatic carbocycles. The van der Waals surface area contributed by atoms with Crippen LogP contribution in [0, 0.1) is 11.8 Å². The minimum atomic E-state index is -0.656. The molecule has 1 aromatic heterocycles. The van der Waals surface area contributed by atoms with Crippen LogP contribution in [0.4, 0.5) is 0 Å². The van der Waals surface area contributed by atoms with Gasteiger partial charge in [0.05, 0.1) is 24.5 Å². The fraction of sp³-hybridized carbons (Fsp3) is 0.348. The van der Waals surface area contributed by atoms with Gasteiger partial charge in [0.15, 0.2) is 0 Å². The summed E-state index contributed by atoms with van der Waals surface area (Å²) in [6.45, 7) is 1.57. The molecule has 148 valence electrons. The minimum absolute atomic E-state index is 0.0249. The van der Waals surface area contributed by atoms with E-state index in [2.05, 4.69) is 22.4 Å². The van der Waals surface area contributed by atoms with Crippen LogP contribution in [-0.2, 0) is 27.3 Å². The summed E-state index contributed by atoms with van der Waals surface area (Å²) in [6, 6.07) is 13.9. The van der Waals surface area contributed by atoms with Crippen LogP contribution in [-0.4, -0.2) is 46.5 Å². The number of hydrogen-bond donors (Lipinski definition) is 1. The highest BCUT2D eigenvalue weighted by atomic mass is 16.5. The molecular formula is C23H23N3O3. The van der Waals surface area contributed by atoms with E-state index in [9.17, 15) is 9.59 Å². The van der Waals surface area contributed by atoms with Crippen molar-refractivity contribution in [2.75, 3.05) is 13.1 Å². The zero-order chi connectivity index (χ0) is 19.8. The number of nitrogens with zero attached hydrogens (tertiary/aromatic N) is 2. The van der Waals surface area contributed by atoms with Gasteiger partial charge in [0, 0.05) is 25.5 Å². The molecule has 1 aromatic carbocycles. The molecular weight excluding hydrogens is 366 g/mol. The Balaban J connectivity index is 1.28. The van der Waals surface area contributed by atoms with Crippen LogP contribution in [0.25, 0.3) is 0 Å². The molecule has 4 atom stereocenters. The van der Waals surface area contributed by atoms with Crippen molar-refractivity contribution in [2.24, 2.45) is 11.8 Å². The quantitative estimate of drug-likeness (QED) is 0.764. The van der Waals surface area contributed by atoms with E-state index in [-0.39, 0.29) is 17.9 Å². The van der Waals surface area contributed by atoms with Crippen LogP contribution in [0.3, 0.4) is 0 Å². The van der Waals surface area contributed by atoms with E-state index in [1.54, 1.807) is 12.4 Å². The molecule has 4 heterocycles. The summed E-state index contributed by atoms with van der Waals surface area (Å²) in [6.07, 6.45) is 7.81. The number of carbonyl (C=O) groups is 2. The first-order valence-electron chi connectivity index (χ1n) is 10.0. The second kappa shape index (κ2) is 7.12. The number of likely N-dealkylation sites (tertiary alicyclic amines) is 1. The predicted octanol–water partition coefficient (Wildman–Crippen LogP) is 1.72. The van der Waals surface area contributed by atoms with Gasteiger partial charge in [0.2, 0.25) is 11.8 Å². The molecule has 2 bridgehead atoms.